The summed E-state index contributed by atoms with van der Waals surface area (Å²) in [5, 5.41) is 33.8. The number of carbonyl (C=O) groups is 3. The van der Waals surface area contributed by atoms with Gasteiger partial charge in [-0.1, -0.05) is 0 Å². The Hall–Kier alpha value is 0.440. The van der Waals surface area contributed by atoms with Crippen LogP contribution in [0.25, 0.3) is 0 Å². The fourth-order valence-corrected chi connectivity index (χ4v) is 0.714. The molecule has 10 N–H and O–H groups in total. The van der Waals surface area contributed by atoms with Crippen molar-refractivity contribution in [2.24, 2.45) is 0 Å². The number of hydrogen-bond donors (Lipinski definition) is 8. The van der Waals surface area contributed by atoms with Crippen molar-refractivity contribution in [2.75, 3.05) is 0 Å². The molecule has 0 saturated carbocycles. The van der Waals surface area contributed by atoms with E-state index < -0.39 is 44.2 Å². The van der Waals surface area contributed by atoms with Crippen molar-refractivity contribution in [3.8, 4) is 0 Å². The van der Waals surface area contributed by atoms with Gasteiger partial charge in [-0.15, -0.1) is 0 Å². The van der Waals surface area contributed by atoms with Crippen LogP contribution in [0.4, 0.5) is 0 Å². The molecule has 12 nitrogen and oxygen atoms in total. The zero-order valence-corrected chi connectivity index (χ0v) is 10.2. The average molecular weight is 355 g/mol. The molecule has 0 aliphatic heterocycles. The summed E-state index contributed by atoms with van der Waals surface area (Å²) in [6.07, 6.45) is -2.29. The van der Waals surface area contributed by atoms with Crippen molar-refractivity contribution in [1.82, 2.24) is 6.15 Å². The molecule has 0 aliphatic rings. The number of hydrogen-bond acceptors (Lipinski definition) is 6. The van der Waals surface area contributed by atoms with Gasteiger partial charge in [-0.3, -0.25) is 9.59 Å². The van der Waals surface area contributed by atoms with Gasteiger partial charge >= 0.3 is 84.8 Å². The normalized spacial score (nSPS) is 9.52. The van der Waals surface area contributed by atoms with Crippen LogP contribution in [0, 0.1) is 0 Å². The Morgan fingerprint density at radius 3 is 1.14 bits per heavy atom. The zero-order valence-electron chi connectivity index (χ0n) is 9.33. The van der Waals surface area contributed by atoms with E-state index in [2.05, 4.69) is 0 Å². The van der Waals surface area contributed by atoms with E-state index in [0.717, 1.165) is 0 Å². The molecular weight excluding hydrogens is 339 g/mol. The van der Waals surface area contributed by atoms with Crippen LogP contribution in [-0.2, 0) is 18.9 Å². The average Bonchev–Trinajstić information content (AvgIpc) is 1.95. The van der Waals surface area contributed by atoms with Crippen LogP contribution in [0.3, 0.4) is 0 Å². The minimum atomic E-state index is -4.64. The molecule has 0 aromatic carbocycles. The van der Waals surface area contributed by atoms with E-state index in [1.54, 1.807) is 0 Å². The van der Waals surface area contributed by atoms with Gasteiger partial charge in [0, 0.05) is 0 Å². The van der Waals surface area contributed by atoms with Gasteiger partial charge in [-0.25, -0.2) is 9.36 Å². The van der Waals surface area contributed by atoms with Gasteiger partial charge in [-0.05, 0) is 0 Å². The first-order chi connectivity index (χ1) is 7.78. The number of aliphatic hydroxyl groups is 1. The predicted octanol–water partition coefficient (Wildman–Crippen LogP) is -3.31. The molecule has 0 rings (SSSR count). The number of phosphoric acid groups is 1. The van der Waals surface area contributed by atoms with Gasteiger partial charge in [-0.2, -0.15) is 0 Å². The second kappa shape index (κ2) is 14.1. The Morgan fingerprint density at radius 1 is 0.857 bits per heavy atom. The van der Waals surface area contributed by atoms with Crippen molar-refractivity contribution in [3.63, 3.8) is 0 Å². The van der Waals surface area contributed by atoms with Gasteiger partial charge in [0.25, 0.3) is 0 Å². The monoisotopic (exact) mass is 355 g/mol. The summed E-state index contributed by atoms with van der Waals surface area (Å²) in [6, 6.07) is 0. The molecule has 0 amide bonds. The van der Waals surface area contributed by atoms with Gasteiger partial charge in [0.2, 0.25) is 0 Å². The summed E-state index contributed by atoms with van der Waals surface area (Å²) < 4.78 is 8.88. The minimum absolute atomic E-state index is 0. The summed E-state index contributed by atoms with van der Waals surface area (Å²) in [4.78, 5) is 52.0. The number of carboxylic acids is 3. The second-order valence-corrected chi connectivity index (χ2v) is 4.02. The van der Waals surface area contributed by atoms with E-state index in [-0.39, 0.29) is 65.3 Å². The first-order valence-corrected chi connectivity index (χ1v) is 5.52. The Balaban J connectivity index is -0.0000000933. The number of aliphatic carboxylic acids is 3. The van der Waals surface area contributed by atoms with E-state index >= 15 is 0 Å². The SMILES string of the molecule is N.O=C(O)CC(O)(CC(=O)O)C(=O)O.O=P(O)(O)O.[NaH].[NaH]. The quantitative estimate of drug-likeness (QED) is 0.178. The Morgan fingerprint density at radius 2 is 1.05 bits per heavy atom. The fraction of sp³-hybridized carbons (Fsp3) is 0.500. The number of carboxylic acid groups (broad SMARTS) is 3. The number of rotatable bonds is 5. The summed E-state index contributed by atoms with van der Waals surface area (Å²) in [6.45, 7) is 0. The fourth-order valence-electron chi connectivity index (χ4n) is 0.714. The molecule has 0 fully saturated rings. The standard InChI is InChI=1S/C6H8O7.H3N.2Na.H3O4P.2H/c7-3(8)1-6(13,5(11)12)2-4(9)10;;;;1-5(2,3)4;;/h13H,1-2H2,(H,7,8)(H,9,10)(H,11,12);1H3;;;(H3,1,2,3,4);;. The molecule has 118 valence electrons. The topological polar surface area (TPSA) is 245 Å². The third-order valence-electron chi connectivity index (χ3n) is 1.29. The van der Waals surface area contributed by atoms with Crippen LogP contribution < -0.4 is 6.15 Å². The summed E-state index contributed by atoms with van der Waals surface area (Å²) in [5.41, 5.74) is -2.74. The van der Waals surface area contributed by atoms with E-state index in [4.69, 9.17) is 39.7 Å². The Kier molecular flexibility index (Phi) is 22.2. The third kappa shape index (κ3) is 25.7. The molecule has 0 heterocycles. The summed E-state index contributed by atoms with van der Waals surface area (Å²) in [5.74, 6) is -5.02. The summed E-state index contributed by atoms with van der Waals surface area (Å²) in [7, 11) is -4.64. The van der Waals surface area contributed by atoms with Crippen LogP contribution in [0.15, 0.2) is 0 Å². The van der Waals surface area contributed by atoms with Crippen molar-refractivity contribution in [1.29, 1.82) is 0 Å². The molecule has 0 saturated heterocycles. The molecule has 0 aromatic rings. The van der Waals surface area contributed by atoms with Crippen LogP contribution in [-0.4, -0.2) is 118 Å². The molecule has 0 aromatic heterocycles. The maximum atomic E-state index is 10.3. The second-order valence-electron chi connectivity index (χ2n) is 2.99. The first kappa shape index (κ1) is 33.1. The van der Waals surface area contributed by atoms with Crippen molar-refractivity contribution in [2.45, 2.75) is 18.4 Å². The van der Waals surface area contributed by atoms with E-state index in [1.807, 2.05) is 0 Å². The molecule has 21 heavy (non-hydrogen) atoms. The van der Waals surface area contributed by atoms with Crippen LogP contribution >= 0.6 is 7.82 Å². The van der Waals surface area contributed by atoms with Gasteiger partial charge < -0.3 is 41.3 Å². The van der Waals surface area contributed by atoms with Crippen molar-refractivity contribution >= 4 is 84.8 Å². The van der Waals surface area contributed by atoms with Gasteiger partial charge in [0.1, 0.15) is 0 Å². The maximum absolute atomic E-state index is 10.3. The summed E-state index contributed by atoms with van der Waals surface area (Å²) >= 11 is 0. The van der Waals surface area contributed by atoms with Crippen LogP contribution in [0.2, 0.25) is 0 Å². The van der Waals surface area contributed by atoms with E-state index in [1.165, 1.54) is 0 Å². The Labute approximate surface area is 162 Å². The van der Waals surface area contributed by atoms with Gasteiger partial charge in [0.05, 0.1) is 12.8 Å². The van der Waals surface area contributed by atoms with Crippen molar-refractivity contribution in [3.05, 3.63) is 0 Å². The molecule has 0 aliphatic carbocycles. The van der Waals surface area contributed by atoms with E-state index in [9.17, 15) is 14.4 Å². The molecule has 15 heteroatoms. The van der Waals surface area contributed by atoms with Crippen molar-refractivity contribution < 1.29 is 54.1 Å². The first-order valence-electron chi connectivity index (χ1n) is 3.95. The predicted molar refractivity (Wildman–Crippen MR) is 70.7 cm³/mol. The molecular formula is C6H16NNa2O11P. The molecule has 0 bridgehead atoms. The van der Waals surface area contributed by atoms with Gasteiger partial charge in [0.15, 0.2) is 5.60 Å². The Bertz CT molecular complexity index is 359. The molecule has 0 spiro atoms. The zero-order chi connectivity index (χ0) is 15.1. The third-order valence-corrected chi connectivity index (χ3v) is 1.29. The molecule has 0 atom stereocenters. The van der Waals surface area contributed by atoms with Crippen LogP contribution in [0.5, 0.6) is 0 Å². The molecule has 0 unspecified atom stereocenters. The van der Waals surface area contributed by atoms with E-state index in [0.29, 0.717) is 0 Å². The molecule has 0 radical (unpaired) electrons. The van der Waals surface area contributed by atoms with Crippen LogP contribution in [0.1, 0.15) is 12.8 Å².